The standard InChI is InChI=1S/C22H40O2/c1-14(2)20-12-23-9-8-19(20)17(7)10-18-11-24-13-21(15(3)4)22(18)16(5)6/h14-16,18,20-22H,8-13H2,1-7H3/b19-17+. The minimum Gasteiger partial charge on any atom is -0.381 e. The predicted octanol–water partition coefficient (Wildman–Crippen LogP) is 5.58. The van der Waals surface area contributed by atoms with Crippen LogP contribution in [-0.4, -0.2) is 26.4 Å². The van der Waals surface area contributed by atoms with E-state index in [0.717, 1.165) is 44.7 Å². The molecule has 24 heavy (non-hydrogen) atoms. The summed E-state index contributed by atoms with van der Waals surface area (Å²) in [6.45, 7) is 20.3. The van der Waals surface area contributed by atoms with Crippen molar-refractivity contribution in [2.24, 2.45) is 41.4 Å². The van der Waals surface area contributed by atoms with E-state index in [1.807, 2.05) is 0 Å². The lowest BCUT2D eigenvalue weighted by Crippen LogP contribution is -2.41. The quantitative estimate of drug-likeness (QED) is 0.610. The van der Waals surface area contributed by atoms with Gasteiger partial charge < -0.3 is 9.47 Å². The molecule has 0 bridgehead atoms. The maximum Gasteiger partial charge on any atom is 0.0534 e. The molecule has 4 unspecified atom stereocenters. The minimum atomic E-state index is 0.613. The lowest BCUT2D eigenvalue weighted by atomic mass is 9.67. The molecule has 2 heteroatoms. The van der Waals surface area contributed by atoms with Crippen LogP contribution in [-0.2, 0) is 9.47 Å². The number of allylic oxidation sites excluding steroid dienone is 1. The van der Waals surface area contributed by atoms with Crippen molar-refractivity contribution in [3.63, 3.8) is 0 Å². The molecule has 2 aliphatic rings. The summed E-state index contributed by atoms with van der Waals surface area (Å²) >= 11 is 0. The van der Waals surface area contributed by atoms with Gasteiger partial charge in [0.1, 0.15) is 0 Å². The molecular weight excluding hydrogens is 296 g/mol. The zero-order valence-electron chi connectivity index (χ0n) is 17.1. The Labute approximate surface area is 150 Å². The normalized spacial score (nSPS) is 34.2. The third-order valence-electron chi connectivity index (χ3n) is 6.49. The van der Waals surface area contributed by atoms with Gasteiger partial charge in [-0.1, -0.05) is 52.7 Å². The molecule has 4 atom stereocenters. The third-order valence-corrected chi connectivity index (χ3v) is 6.49. The van der Waals surface area contributed by atoms with E-state index in [9.17, 15) is 0 Å². The van der Waals surface area contributed by atoms with Gasteiger partial charge in [-0.15, -0.1) is 0 Å². The van der Waals surface area contributed by atoms with E-state index < -0.39 is 0 Å². The topological polar surface area (TPSA) is 18.5 Å². The Bertz CT molecular complexity index is 422. The molecule has 0 aliphatic carbocycles. The number of ether oxygens (including phenoxy) is 2. The van der Waals surface area contributed by atoms with Crippen LogP contribution in [0.3, 0.4) is 0 Å². The van der Waals surface area contributed by atoms with Crippen molar-refractivity contribution in [1.82, 2.24) is 0 Å². The Morgan fingerprint density at radius 3 is 2.21 bits per heavy atom. The number of rotatable bonds is 5. The summed E-state index contributed by atoms with van der Waals surface area (Å²) < 4.78 is 11.8. The summed E-state index contributed by atoms with van der Waals surface area (Å²) in [5.41, 5.74) is 3.31. The highest BCUT2D eigenvalue weighted by Gasteiger charge is 2.38. The van der Waals surface area contributed by atoms with E-state index >= 15 is 0 Å². The molecule has 0 aromatic heterocycles. The van der Waals surface area contributed by atoms with Gasteiger partial charge in [-0.3, -0.25) is 0 Å². The molecule has 0 aromatic rings. The Balaban J connectivity index is 2.18. The third kappa shape index (κ3) is 4.64. The highest BCUT2D eigenvalue weighted by molar-refractivity contribution is 5.18. The predicted molar refractivity (Wildman–Crippen MR) is 102 cm³/mol. The van der Waals surface area contributed by atoms with Gasteiger partial charge in [0.05, 0.1) is 13.2 Å². The van der Waals surface area contributed by atoms with Crippen LogP contribution in [0, 0.1) is 41.4 Å². The maximum absolute atomic E-state index is 6.05. The monoisotopic (exact) mass is 336 g/mol. The molecule has 2 nitrogen and oxygen atoms in total. The Morgan fingerprint density at radius 1 is 0.917 bits per heavy atom. The van der Waals surface area contributed by atoms with Crippen molar-refractivity contribution in [3.8, 4) is 0 Å². The second-order valence-corrected chi connectivity index (χ2v) is 9.21. The zero-order valence-corrected chi connectivity index (χ0v) is 17.1. The average molecular weight is 337 g/mol. The van der Waals surface area contributed by atoms with E-state index in [4.69, 9.17) is 9.47 Å². The first kappa shape index (κ1) is 20.0. The van der Waals surface area contributed by atoms with Crippen molar-refractivity contribution >= 4 is 0 Å². The van der Waals surface area contributed by atoms with Crippen LogP contribution in [0.25, 0.3) is 0 Å². The van der Waals surface area contributed by atoms with Gasteiger partial charge in [0.25, 0.3) is 0 Å². The number of hydrogen-bond acceptors (Lipinski definition) is 2. The summed E-state index contributed by atoms with van der Waals surface area (Å²) in [4.78, 5) is 0. The number of hydrogen-bond donors (Lipinski definition) is 0. The Kier molecular flexibility index (Phi) is 7.37. The van der Waals surface area contributed by atoms with Crippen LogP contribution < -0.4 is 0 Å². The van der Waals surface area contributed by atoms with Crippen molar-refractivity contribution < 1.29 is 9.47 Å². The zero-order chi connectivity index (χ0) is 17.9. The van der Waals surface area contributed by atoms with Crippen molar-refractivity contribution in [2.45, 2.75) is 61.3 Å². The fraction of sp³-hybridized carbons (Fsp3) is 0.909. The molecule has 0 saturated carbocycles. The molecule has 2 aliphatic heterocycles. The fourth-order valence-corrected chi connectivity index (χ4v) is 5.13. The summed E-state index contributed by atoms with van der Waals surface area (Å²) in [7, 11) is 0. The first-order chi connectivity index (χ1) is 11.3. The van der Waals surface area contributed by atoms with Gasteiger partial charge in [-0.2, -0.15) is 0 Å². The van der Waals surface area contributed by atoms with Gasteiger partial charge in [0.15, 0.2) is 0 Å². The van der Waals surface area contributed by atoms with E-state index in [1.54, 1.807) is 11.1 Å². The molecule has 2 fully saturated rings. The van der Waals surface area contributed by atoms with Crippen molar-refractivity contribution in [2.75, 3.05) is 26.4 Å². The first-order valence-corrected chi connectivity index (χ1v) is 10.2. The average Bonchev–Trinajstić information content (AvgIpc) is 2.54. The Hall–Kier alpha value is -0.340. The summed E-state index contributed by atoms with van der Waals surface area (Å²) in [6, 6.07) is 0. The lowest BCUT2D eigenvalue weighted by Gasteiger charge is -2.43. The second-order valence-electron chi connectivity index (χ2n) is 9.21. The van der Waals surface area contributed by atoms with E-state index in [-0.39, 0.29) is 0 Å². The molecule has 2 saturated heterocycles. The molecule has 0 aromatic carbocycles. The van der Waals surface area contributed by atoms with Crippen molar-refractivity contribution in [1.29, 1.82) is 0 Å². The SMILES string of the molecule is C/C(CC1COCC(C(C)C)C1C(C)C)=C1/CCOCC1C(C)C. The van der Waals surface area contributed by atoms with Crippen molar-refractivity contribution in [3.05, 3.63) is 11.1 Å². The van der Waals surface area contributed by atoms with Gasteiger partial charge in [0, 0.05) is 19.1 Å². The van der Waals surface area contributed by atoms with E-state index in [1.165, 1.54) is 6.42 Å². The Morgan fingerprint density at radius 2 is 1.62 bits per heavy atom. The van der Waals surface area contributed by atoms with Gasteiger partial charge in [-0.05, 0) is 55.3 Å². The second kappa shape index (κ2) is 8.85. The van der Waals surface area contributed by atoms with E-state index in [2.05, 4.69) is 48.5 Å². The molecule has 0 amide bonds. The van der Waals surface area contributed by atoms with Gasteiger partial charge in [0.2, 0.25) is 0 Å². The van der Waals surface area contributed by atoms with Crippen LogP contribution in [0.1, 0.15) is 61.3 Å². The molecule has 0 radical (unpaired) electrons. The van der Waals surface area contributed by atoms with Crippen LogP contribution >= 0.6 is 0 Å². The summed E-state index contributed by atoms with van der Waals surface area (Å²) in [5.74, 6) is 4.89. The smallest absolute Gasteiger partial charge is 0.0534 e. The molecule has 2 rings (SSSR count). The van der Waals surface area contributed by atoms with Gasteiger partial charge in [-0.25, -0.2) is 0 Å². The first-order valence-electron chi connectivity index (χ1n) is 10.2. The lowest BCUT2D eigenvalue weighted by molar-refractivity contribution is -0.0616. The van der Waals surface area contributed by atoms with Crippen LogP contribution in [0.5, 0.6) is 0 Å². The molecular formula is C22H40O2. The summed E-state index contributed by atoms with van der Waals surface area (Å²) in [5, 5.41) is 0. The maximum atomic E-state index is 6.05. The molecule has 0 spiro atoms. The van der Waals surface area contributed by atoms with Crippen LogP contribution in [0.4, 0.5) is 0 Å². The molecule has 140 valence electrons. The molecule has 2 heterocycles. The highest BCUT2D eigenvalue weighted by atomic mass is 16.5. The van der Waals surface area contributed by atoms with Crippen LogP contribution in [0.2, 0.25) is 0 Å². The van der Waals surface area contributed by atoms with Crippen LogP contribution in [0.15, 0.2) is 11.1 Å². The molecule has 0 N–H and O–H groups in total. The van der Waals surface area contributed by atoms with Gasteiger partial charge >= 0.3 is 0 Å². The largest absolute Gasteiger partial charge is 0.381 e. The minimum absolute atomic E-state index is 0.613. The fourth-order valence-electron chi connectivity index (χ4n) is 5.13. The summed E-state index contributed by atoms with van der Waals surface area (Å²) in [6.07, 6.45) is 2.34. The van der Waals surface area contributed by atoms with E-state index in [0.29, 0.717) is 29.6 Å². The highest BCUT2D eigenvalue weighted by Crippen LogP contribution is 2.41.